The lowest BCUT2D eigenvalue weighted by atomic mass is 9.99. The summed E-state index contributed by atoms with van der Waals surface area (Å²) in [7, 11) is 0. The number of benzene rings is 1. The summed E-state index contributed by atoms with van der Waals surface area (Å²) in [5, 5.41) is 36.3. The third kappa shape index (κ3) is 2.48. The largest absolute Gasteiger partial charge is 0.398 e. The zero-order valence-corrected chi connectivity index (χ0v) is 8.46. The van der Waals surface area contributed by atoms with Crippen molar-refractivity contribution in [1.29, 1.82) is 10.5 Å². The average Bonchev–Trinajstić information content (AvgIpc) is 2.29. The number of hydrogen-bond donors (Lipinski definition) is 3. The van der Waals surface area contributed by atoms with Crippen molar-refractivity contribution in [3.8, 4) is 12.1 Å². The van der Waals surface area contributed by atoms with Crippen LogP contribution < -0.4 is 5.73 Å². The molecule has 1 aromatic rings. The molecule has 82 valence electrons. The van der Waals surface area contributed by atoms with E-state index in [0.29, 0.717) is 5.56 Å². The Morgan fingerprint density at radius 3 is 2.56 bits per heavy atom. The van der Waals surface area contributed by atoms with Gasteiger partial charge in [0.15, 0.2) is 0 Å². The molecule has 2 atom stereocenters. The molecule has 0 heterocycles. The molecule has 5 heteroatoms. The standard InChI is InChI=1S/C11H11N3O2/c12-4-3-10(15)11(16)8-5-7(6-13)1-2-9(8)14/h1-2,5,10-11,15-16H,3,14H2. The number of aliphatic hydroxyl groups is 2. The van der Waals surface area contributed by atoms with Crippen molar-refractivity contribution in [1.82, 2.24) is 0 Å². The fraction of sp³-hybridized carbons (Fsp3) is 0.273. The molecule has 2 unspecified atom stereocenters. The Bertz CT molecular complexity index is 459. The molecule has 0 saturated carbocycles. The Balaban J connectivity index is 3.04. The molecule has 1 aromatic carbocycles. The molecule has 0 aliphatic carbocycles. The van der Waals surface area contributed by atoms with E-state index >= 15 is 0 Å². The third-order valence-electron chi connectivity index (χ3n) is 2.20. The molecule has 0 saturated heterocycles. The molecular weight excluding hydrogens is 206 g/mol. The fourth-order valence-corrected chi connectivity index (χ4v) is 1.31. The van der Waals surface area contributed by atoms with Gasteiger partial charge in [-0.2, -0.15) is 10.5 Å². The summed E-state index contributed by atoms with van der Waals surface area (Å²) in [4.78, 5) is 0. The van der Waals surface area contributed by atoms with Crippen LogP contribution in [-0.4, -0.2) is 16.3 Å². The molecular formula is C11H11N3O2. The molecule has 16 heavy (non-hydrogen) atoms. The average molecular weight is 217 g/mol. The summed E-state index contributed by atoms with van der Waals surface area (Å²) in [6, 6.07) is 8.06. The third-order valence-corrected chi connectivity index (χ3v) is 2.20. The van der Waals surface area contributed by atoms with Gasteiger partial charge in [-0.25, -0.2) is 0 Å². The Kier molecular flexibility index (Phi) is 3.84. The number of nitrogen functional groups attached to an aromatic ring is 1. The maximum atomic E-state index is 9.73. The van der Waals surface area contributed by atoms with Crippen LogP contribution in [0.15, 0.2) is 18.2 Å². The molecule has 0 aliphatic rings. The Labute approximate surface area is 93.0 Å². The van der Waals surface area contributed by atoms with Gasteiger partial charge in [0, 0.05) is 11.3 Å². The van der Waals surface area contributed by atoms with E-state index in [-0.39, 0.29) is 17.7 Å². The fourth-order valence-electron chi connectivity index (χ4n) is 1.31. The maximum absolute atomic E-state index is 9.73. The lowest BCUT2D eigenvalue weighted by Gasteiger charge is -2.17. The topological polar surface area (TPSA) is 114 Å². The number of aliphatic hydroxyl groups excluding tert-OH is 2. The van der Waals surface area contributed by atoms with Crippen molar-refractivity contribution in [2.75, 3.05) is 5.73 Å². The van der Waals surface area contributed by atoms with Crippen molar-refractivity contribution in [2.24, 2.45) is 0 Å². The first-order valence-electron chi connectivity index (χ1n) is 4.62. The Morgan fingerprint density at radius 1 is 1.31 bits per heavy atom. The summed E-state index contributed by atoms with van der Waals surface area (Å²) in [6.07, 6.45) is -2.66. The molecule has 4 N–H and O–H groups in total. The highest BCUT2D eigenvalue weighted by Gasteiger charge is 2.20. The van der Waals surface area contributed by atoms with E-state index in [1.54, 1.807) is 6.07 Å². The van der Waals surface area contributed by atoms with Crippen molar-refractivity contribution in [3.05, 3.63) is 29.3 Å². The van der Waals surface area contributed by atoms with Gasteiger partial charge < -0.3 is 15.9 Å². The van der Waals surface area contributed by atoms with Crippen molar-refractivity contribution < 1.29 is 10.2 Å². The van der Waals surface area contributed by atoms with Gasteiger partial charge >= 0.3 is 0 Å². The maximum Gasteiger partial charge on any atom is 0.108 e. The summed E-state index contributed by atoms with van der Waals surface area (Å²) in [5.74, 6) is 0. The summed E-state index contributed by atoms with van der Waals surface area (Å²) in [5.41, 5.74) is 6.50. The molecule has 0 spiro atoms. The Morgan fingerprint density at radius 2 is 2.00 bits per heavy atom. The first kappa shape index (κ1) is 12.0. The van der Waals surface area contributed by atoms with Crippen LogP contribution in [0.2, 0.25) is 0 Å². The van der Waals surface area contributed by atoms with Crippen LogP contribution in [-0.2, 0) is 0 Å². The van der Waals surface area contributed by atoms with Crippen LogP contribution in [0.5, 0.6) is 0 Å². The van der Waals surface area contributed by atoms with Gasteiger partial charge in [0.05, 0.1) is 30.2 Å². The van der Waals surface area contributed by atoms with Crippen LogP contribution in [0, 0.1) is 22.7 Å². The van der Waals surface area contributed by atoms with Crippen LogP contribution in [0.1, 0.15) is 23.7 Å². The highest BCUT2D eigenvalue weighted by Crippen LogP contribution is 2.25. The zero-order valence-electron chi connectivity index (χ0n) is 8.46. The number of hydrogen-bond acceptors (Lipinski definition) is 5. The number of nitrogens with zero attached hydrogens (tertiary/aromatic N) is 2. The SMILES string of the molecule is N#CCC(O)C(O)c1cc(C#N)ccc1N. The molecule has 0 bridgehead atoms. The molecule has 0 aliphatic heterocycles. The molecule has 0 amide bonds. The van der Waals surface area contributed by atoms with E-state index in [9.17, 15) is 10.2 Å². The lowest BCUT2D eigenvalue weighted by molar-refractivity contribution is 0.0220. The molecule has 0 fully saturated rings. The smallest absolute Gasteiger partial charge is 0.108 e. The molecule has 5 nitrogen and oxygen atoms in total. The number of nitrogens with two attached hydrogens (primary N) is 1. The van der Waals surface area contributed by atoms with Crippen LogP contribution >= 0.6 is 0 Å². The van der Waals surface area contributed by atoms with Gasteiger partial charge in [0.25, 0.3) is 0 Å². The predicted octanol–water partition coefficient (Wildman–Crippen LogP) is 0.448. The van der Waals surface area contributed by atoms with Crippen molar-refractivity contribution >= 4 is 5.69 Å². The number of rotatable bonds is 3. The quantitative estimate of drug-likeness (QED) is 0.636. The zero-order chi connectivity index (χ0) is 12.1. The summed E-state index contributed by atoms with van der Waals surface area (Å²) in [6.45, 7) is 0. The second-order valence-corrected chi connectivity index (χ2v) is 3.33. The van der Waals surface area contributed by atoms with E-state index in [1.807, 2.05) is 6.07 Å². The van der Waals surface area contributed by atoms with Crippen LogP contribution in [0.3, 0.4) is 0 Å². The van der Waals surface area contributed by atoms with Gasteiger partial charge in [0.1, 0.15) is 6.10 Å². The molecule has 0 aromatic heterocycles. The van der Waals surface area contributed by atoms with E-state index < -0.39 is 12.2 Å². The number of anilines is 1. The second kappa shape index (κ2) is 5.13. The van der Waals surface area contributed by atoms with E-state index in [0.717, 1.165) is 0 Å². The predicted molar refractivity (Wildman–Crippen MR) is 56.8 cm³/mol. The summed E-state index contributed by atoms with van der Waals surface area (Å²) < 4.78 is 0. The summed E-state index contributed by atoms with van der Waals surface area (Å²) >= 11 is 0. The molecule has 0 radical (unpaired) electrons. The molecule has 1 rings (SSSR count). The Hall–Kier alpha value is -2.08. The lowest BCUT2D eigenvalue weighted by Crippen LogP contribution is -2.18. The highest BCUT2D eigenvalue weighted by atomic mass is 16.3. The minimum absolute atomic E-state index is 0.197. The van der Waals surface area contributed by atoms with Gasteiger partial charge in [-0.05, 0) is 18.2 Å². The van der Waals surface area contributed by atoms with Crippen LogP contribution in [0.4, 0.5) is 5.69 Å². The van der Waals surface area contributed by atoms with Crippen molar-refractivity contribution in [2.45, 2.75) is 18.6 Å². The first-order valence-corrected chi connectivity index (χ1v) is 4.62. The number of nitriles is 2. The van der Waals surface area contributed by atoms with E-state index in [2.05, 4.69) is 0 Å². The van der Waals surface area contributed by atoms with E-state index in [4.69, 9.17) is 16.3 Å². The second-order valence-electron chi connectivity index (χ2n) is 3.33. The minimum atomic E-state index is -1.26. The first-order chi connectivity index (χ1) is 7.60. The monoisotopic (exact) mass is 217 g/mol. The van der Waals surface area contributed by atoms with Gasteiger partial charge in [0.2, 0.25) is 0 Å². The van der Waals surface area contributed by atoms with Gasteiger partial charge in [-0.3, -0.25) is 0 Å². The van der Waals surface area contributed by atoms with Crippen LogP contribution in [0.25, 0.3) is 0 Å². The highest BCUT2D eigenvalue weighted by molar-refractivity contribution is 5.52. The minimum Gasteiger partial charge on any atom is -0.398 e. The van der Waals surface area contributed by atoms with E-state index in [1.165, 1.54) is 18.2 Å². The van der Waals surface area contributed by atoms with Crippen molar-refractivity contribution in [3.63, 3.8) is 0 Å². The normalized spacial score (nSPS) is 13.5. The van der Waals surface area contributed by atoms with Gasteiger partial charge in [-0.1, -0.05) is 0 Å². The van der Waals surface area contributed by atoms with Gasteiger partial charge in [-0.15, -0.1) is 0 Å².